The van der Waals surface area contributed by atoms with Crippen LogP contribution in [0.25, 0.3) is 6.08 Å². The molecular weight excluding hydrogens is 194 g/mol. The molecule has 78 valence electrons. The Balaban J connectivity index is 3.06. The van der Waals surface area contributed by atoms with Crippen molar-refractivity contribution < 1.29 is 14.3 Å². The molecule has 0 N–H and O–H groups in total. The number of methoxy groups -OCH3 is 1. The monoisotopic (exact) mass is 205 g/mol. The largest absolute Gasteiger partial charge is 0.465 e. The van der Waals surface area contributed by atoms with Crippen molar-refractivity contribution in [2.45, 2.75) is 6.92 Å². The van der Waals surface area contributed by atoms with Gasteiger partial charge in [-0.3, -0.25) is 9.78 Å². The minimum atomic E-state index is -0.466. The average Bonchev–Trinajstić information content (AvgIpc) is 2.25. The fraction of sp³-hybridized carbons (Fsp3) is 0.182. The topological polar surface area (TPSA) is 56.3 Å². The van der Waals surface area contributed by atoms with Gasteiger partial charge in [0, 0.05) is 6.20 Å². The molecule has 0 atom stereocenters. The van der Waals surface area contributed by atoms with Crippen molar-refractivity contribution in [3.63, 3.8) is 0 Å². The van der Waals surface area contributed by atoms with E-state index in [1.165, 1.54) is 26.2 Å². The third-order valence-electron chi connectivity index (χ3n) is 1.72. The molecule has 0 unspecified atom stereocenters. The van der Waals surface area contributed by atoms with Gasteiger partial charge < -0.3 is 4.74 Å². The predicted octanol–water partition coefficient (Wildman–Crippen LogP) is 1.47. The molecule has 0 aliphatic rings. The molecule has 15 heavy (non-hydrogen) atoms. The number of pyridine rings is 1. The van der Waals surface area contributed by atoms with Gasteiger partial charge in [0.2, 0.25) is 0 Å². The second kappa shape index (κ2) is 5.05. The van der Waals surface area contributed by atoms with Crippen molar-refractivity contribution in [1.82, 2.24) is 4.98 Å². The summed E-state index contributed by atoms with van der Waals surface area (Å²) in [5, 5.41) is 0. The van der Waals surface area contributed by atoms with E-state index in [1.54, 1.807) is 18.3 Å². The molecule has 0 bridgehead atoms. The predicted molar refractivity (Wildman–Crippen MR) is 55.3 cm³/mol. The zero-order valence-corrected chi connectivity index (χ0v) is 8.56. The van der Waals surface area contributed by atoms with E-state index in [0.29, 0.717) is 11.3 Å². The zero-order valence-electron chi connectivity index (χ0n) is 8.56. The first-order valence-corrected chi connectivity index (χ1v) is 4.37. The molecule has 4 nitrogen and oxygen atoms in total. The average molecular weight is 205 g/mol. The Morgan fingerprint density at radius 1 is 1.47 bits per heavy atom. The van der Waals surface area contributed by atoms with Gasteiger partial charge in [0.1, 0.15) is 0 Å². The number of carbonyl (C=O) groups is 2. The van der Waals surface area contributed by atoms with E-state index in [0.717, 1.165) is 0 Å². The molecule has 0 aliphatic carbocycles. The van der Waals surface area contributed by atoms with Crippen LogP contribution in [0.1, 0.15) is 23.0 Å². The molecule has 1 rings (SSSR count). The molecule has 0 saturated carbocycles. The lowest BCUT2D eigenvalue weighted by Crippen LogP contribution is -2.04. The van der Waals surface area contributed by atoms with E-state index in [4.69, 9.17) is 0 Å². The van der Waals surface area contributed by atoms with Gasteiger partial charge in [0.05, 0.1) is 18.4 Å². The molecule has 0 fully saturated rings. The molecule has 4 heteroatoms. The minimum Gasteiger partial charge on any atom is -0.465 e. The van der Waals surface area contributed by atoms with E-state index < -0.39 is 5.97 Å². The summed E-state index contributed by atoms with van der Waals surface area (Å²) in [6.07, 6.45) is 4.40. The summed E-state index contributed by atoms with van der Waals surface area (Å²) in [5.41, 5.74) is 0.775. The Morgan fingerprint density at radius 2 is 2.20 bits per heavy atom. The summed E-state index contributed by atoms with van der Waals surface area (Å²) in [7, 11) is 1.30. The van der Waals surface area contributed by atoms with Crippen LogP contribution in [0.5, 0.6) is 0 Å². The highest BCUT2D eigenvalue weighted by atomic mass is 16.5. The van der Waals surface area contributed by atoms with Crippen LogP contribution in [0.4, 0.5) is 0 Å². The molecule has 0 aliphatic heterocycles. The molecule has 0 saturated heterocycles. The van der Waals surface area contributed by atoms with Crippen LogP contribution >= 0.6 is 0 Å². The maximum absolute atomic E-state index is 11.3. The van der Waals surface area contributed by atoms with E-state index >= 15 is 0 Å². The van der Waals surface area contributed by atoms with Crippen molar-refractivity contribution >= 4 is 17.8 Å². The Bertz CT molecular complexity index is 410. The van der Waals surface area contributed by atoms with Crippen LogP contribution in [-0.4, -0.2) is 23.8 Å². The van der Waals surface area contributed by atoms with E-state index in [1.807, 2.05) is 0 Å². The van der Waals surface area contributed by atoms with Gasteiger partial charge in [0.25, 0.3) is 0 Å². The molecule has 1 aromatic heterocycles. The van der Waals surface area contributed by atoms with Crippen molar-refractivity contribution in [2.24, 2.45) is 0 Å². The second-order valence-corrected chi connectivity index (χ2v) is 2.87. The molecule has 1 aromatic rings. The first-order valence-electron chi connectivity index (χ1n) is 4.37. The van der Waals surface area contributed by atoms with Gasteiger partial charge in [-0.15, -0.1) is 0 Å². The zero-order chi connectivity index (χ0) is 11.3. The summed E-state index contributed by atoms with van der Waals surface area (Å²) in [6.45, 7) is 1.43. The lowest BCUT2D eigenvalue weighted by Gasteiger charge is -2.01. The smallest absolute Gasteiger partial charge is 0.340 e. The Kier molecular flexibility index (Phi) is 3.74. The van der Waals surface area contributed by atoms with Crippen LogP contribution in [0, 0.1) is 0 Å². The minimum absolute atomic E-state index is 0.100. The Labute approximate surface area is 87.6 Å². The van der Waals surface area contributed by atoms with Crippen LogP contribution < -0.4 is 0 Å². The molecule has 0 aromatic carbocycles. The molecule has 0 amide bonds. The SMILES string of the molecule is COC(=O)c1cccnc1C=CC(C)=O. The highest BCUT2D eigenvalue weighted by Crippen LogP contribution is 2.08. The van der Waals surface area contributed by atoms with E-state index in [9.17, 15) is 9.59 Å². The number of rotatable bonds is 3. The maximum atomic E-state index is 11.3. The number of ether oxygens (including phenoxy) is 1. The van der Waals surface area contributed by atoms with Crippen LogP contribution in [0.2, 0.25) is 0 Å². The second-order valence-electron chi connectivity index (χ2n) is 2.87. The molecular formula is C11H11NO3. The Hall–Kier alpha value is -1.97. The normalized spacial score (nSPS) is 10.3. The first kappa shape index (κ1) is 11.1. The first-order chi connectivity index (χ1) is 7.15. The van der Waals surface area contributed by atoms with E-state index in [2.05, 4.69) is 9.72 Å². The lowest BCUT2D eigenvalue weighted by atomic mass is 10.2. The van der Waals surface area contributed by atoms with Crippen molar-refractivity contribution in [3.05, 3.63) is 35.7 Å². The number of ketones is 1. The standard InChI is InChI=1S/C11H11NO3/c1-8(13)5-6-10-9(11(14)15-2)4-3-7-12-10/h3-7H,1-2H3. The third-order valence-corrected chi connectivity index (χ3v) is 1.72. The number of allylic oxidation sites excluding steroid dienone is 1. The summed E-state index contributed by atoms with van der Waals surface area (Å²) < 4.78 is 4.59. The van der Waals surface area contributed by atoms with Gasteiger partial charge in [0.15, 0.2) is 5.78 Å². The van der Waals surface area contributed by atoms with Gasteiger partial charge in [-0.1, -0.05) is 0 Å². The fourth-order valence-corrected chi connectivity index (χ4v) is 1.03. The number of esters is 1. The fourth-order valence-electron chi connectivity index (χ4n) is 1.03. The molecule has 0 radical (unpaired) electrons. The third kappa shape index (κ3) is 3.02. The highest BCUT2D eigenvalue weighted by Gasteiger charge is 2.09. The highest BCUT2D eigenvalue weighted by molar-refractivity contribution is 5.96. The lowest BCUT2D eigenvalue weighted by molar-refractivity contribution is -0.112. The summed E-state index contributed by atoms with van der Waals surface area (Å²) in [5.74, 6) is -0.567. The van der Waals surface area contributed by atoms with Gasteiger partial charge in [-0.05, 0) is 31.2 Å². The van der Waals surface area contributed by atoms with Crippen LogP contribution in [0.15, 0.2) is 24.4 Å². The van der Waals surface area contributed by atoms with Crippen LogP contribution in [0.3, 0.4) is 0 Å². The number of nitrogens with zero attached hydrogens (tertiary/aromatic N) is 1. The van der Waals surface area contributed by atoms with Gasteiger partial charge >= 0.3 is 5.97 Å². The summed E-state index contributed by atoms with van der Waals surface area (Å²) in [4.78, 5) is 26.0. The van der Waals surface area contributed by atoms with Crippen molar-refractivity contribution in [3.8, 4) is 0 Å². The molecule has 0 spiro atoms. The Morgan fingerprint density at radius 3 is 2.80 bits per heavy atom. The van der Waals surface area contributed by atoms with Gasteiger partial charge in [-0.25, -0.2) is 4.79 Å². The number of aromatic nitrogens is 1. The van der Waals surface area contributed by atoms with Gasteiger partial charge in [-0.2, -0.15) is 0 Å². The summed E-state index contributed by atoms with van der Waals surface area (Å²) in [6, 6.07) is 3.23. The molecule has 1 heterocycles. The van der Waals surface area contributed by atoms with Crippen molar-refractivity contribution in [2.75, 3.05) is 7.11 Å². The maximum Gasteiger partial charge on any atom is 0.340 e. The van der Waals surface area contributed by atoms with E-state index in [-0.39, 0.29) is 5.78 Å². The van der Waals surface area contributed by atoms with Crippen molar-refractivity contribution in [1.29, 1.82) is 0 Å². The summed E-state index contributed by atoms with van der Waals surface area (Å²) >= 11 is 0. The number of hydrogen-bond donors (Lipinski definition) is 0. The quantitative estimate of drug-likeness (QED) is 0.554. The number of hydrogen-bond acceptors (Lipinski definition) is 4. The van der Waals surface area contributed by atoms with Crippen LogP contribution in [-0.2, 0) is 9.53 Å². The number of carbonyl (C=O) groups excluding carboxylic acids is 2.